The summed E-state index contributed by atoms with van der Waals surface area (Å²) in [6, 6.07) is 1.69. The van der Waals surface area contributed by atoms with Gasteiger partial charge in [-0.15, -0.1) is 0 Å². The number of aromatic nitrogens is 2. The minimum absolute atomic E-state index is 0.330. The zero-order valence-electron chi connectivity index (χ0n) is 10.9. The van der Waals surface area contributed by atoms with Gasteiger partial charge in [-0.05, 0) is 36.4 Å². The molecular weight excluding hydrogens is 297 g/mol. The van der Waals surface area contributed by atoms with E-state index in [1.807, 2.05) is 13.0 Å². The molecule has 1 atom stereocenters. The summed E-state index contributed by atoms with van der Waals surface area (Å²) in [6.07, 6.45) is 6.77. The van der Waals surface area contributed by atoms with Crippen molar-refractivity contribution in [2.45, 2.75) is 19.4 Å². The predicted molar refractivity (Wildman–Crippen MR) is 80.9 cm³/mol. The highest BCUT2D eigenvalue weighted by atomic mass is 35.5. The summed E-state index contributed by atoms with van der Waals surface area (Å²) in [7, 11) is 0. The SMILES string of the molecule is CC=CC(C)(N=[N+]=[N-])c1cnc(Cl)c2cnc(Cl)cc12. The lowest BCUT2D eigenvalue weighted by Crippen LogP contribution is -2.16. The topological polar surface area (TPSA) is 74.5 Å². The Labute approximate surface area is 125 Å². The van der Waals surface area contributed by atoms with Gasteiger partial charge in [-0.1, -0.05) is 40.5 Å². The molecule has 0 saturated heterocycles. The van der Waals surface area contributed by atoms with Crippen LogP contribution in [0, 0.1) is 0 Å². The molecule has 0 radical (unpaired) electrons. The van der Waals surface area contributed by atoms with Crippen molar-refractivity contribution in [1.29, 1.82) is 0 Å². The maximum Gasteiger partial charge on any atom is 0.138 e. The van der Waals surface area contributed by atoms with Crippen molar-refractivity contribution in [3.05, 3.63) is 56.9 Å². The second-order valence-electron chi connectivity index (χ2n) is 4.35. The summed E-state index contributed by atoms with van der Waals surface area (Å²) >= 11 is 12.0. The largest absolute Gasteiger partial charge is 0.244 e. The Hall–Kier alpha value is -1.81. The fraction of sp³-hybridized carbons (Fsp3) is 0.231. The molecule has 0 saturated carbocycles. The molecule has 0 aliphatic carbocycles. The van der Waals surface area contributed by atoms with Crippen molar-refractivity contribution in [2.24, 2.45) is 5.11 Å². The third-order valence-electron chi connectivity index (χ3n) is 2.98. The van der Waals surface area contributed by atoms with Crippen molar-refractivity contribution in [3.63, 3.8) is 0 Å². The molecule has 0 amide bonds. The Bertz CT molecular complexity index is 737. The molecule has 5 nitrogen and oxygen atoms in total. The van der Waals surface area contributed by atoms with Crippen molar-refractivity contribution in [2.75, 3.05) is 0 Å². The van der Waals surface area contributed by atoms with Gasteiger partial charge in [-0.3, -0.25) is 0 Å². The lowest BCUT2D eigenvalue weighted by atomic mass is 9.90. The van der Waals surface area contributed by atoms with Crippen LogP contribution in [0.2, 0.25) is 10.3 Å². The Morgan fingerprint density at radius 3 is 2.70 bits per heavy atom. The first kappa shape index (κ1) is 14.6. The molecular formula is C13H11Cl2N5. The normalized spacial score (nSPS) is 14.2. The van der Waals surface area contributed by atoms with Crippen LogP contribution >= 0.6 is 23.2 Å². The van der Waals surface area contributed by atoms with E-state index in [4.69, 9.17) is 28.7 Å². The number of hydrogen-bond donors (Lipinski definition) is 0. The fourth-order valence-electron chi connectivity index (χ4n) is 2.08. The molecule has 0 fully saturated rings. The summed E-state index contributed by atoms with van der Waals surface area (Å²) in [5.41, 5.74) is 8.66. The van der Waals surface area contributed by atoms with Crippen LogP contribution in [0.1, 0.15) is 19.4 Å². The minimum Gasteiger partial charge on any atom is -0.244 e. The maximum atomic E-state index is 8.81. The highest BCUT2D eigenvalue weighted by molar-refractivity contribution is 6.35. The van der Waals surface area contributed by atoms with Gasteiger partial charge < -0.3 is 0 Å². The number of fused-ring (bicyclic) bond motifs is 1. The highest BCUT2D eigenvalue weighted by Gasteiger charge is 2.25. The van der Waals surface area contributed by atoms with Gasteiger partial charge in [0.15, 0.2) is 0 Å². The van der Waals surface area contributed by atoms with Crippen LogP contribution < -0.4 is 0 Å². The van der Waals surface area contributed by atoms with Gasteiger partial charge in [0.25, 0.3) is 0 Å². The summed E-state index contributed by atoms with van der Waals surface area (Å²) < 4.78 is 0. The molecule has 0 aromatic carbocycles. The van der Waals surface area contributed by atoms with E-state index in [0.717, 1.165) is 10.9 Å². The van der Waals surface area contributed by atoms with E-state index in [1.165, 1.54) is 0 Å². The first-order chi connectivity index (χ1) is 9.51. The van der Waals surface area contributed by atoms with E-state index in [2.05, 4.69) is 20.0 Å². The van der Waals surface area contributed by atoms with Gasteiger partial charge >= 0.3 is 0 Å². The monoisotopic (exact) mass is 307 g/mol. The molecule has 1 unspecified atom stereocenters. The van der Waals surface area contributed by atoms with Gasteiger partial charge in [0, 0.05) is 22.7 Å². The molecule has 0 N–H and O–H groups in total. The molecule has 0 aliphatic heterocycles. The van der Waals surface area contributed by atoms with Gasteiger partial charge in [0.1, 0.15) is 10.3 Å². The predicted octanol–water partition coefficient (Wildman–Crippen LogP) is 5.04. The minimum atomic E-state index is -0.871. The first-order valence-corrected chi connectivity index (χ1v) is 6.58. The molecule has 0 aliphatic rings. The molecule has 102 valence electrons. The smallest absolute Gasteiger partial charge is 0.138 e. The van der Waals surface area contributed by atoms with Crippen LogP contribution in [-0.4, -0.2) is 9.97 Å². The zero-order valence-corrected chi connectivity index (χ0v) is 12.4. The Kier molecular flexibility index (Phi) is 4.14. The van der Waals surface area contributed by atoms with Crippen LogP contribution in [-0.2, 0) is 5.54 Å². The van der Waals surface area contributed by atoms with E-state index >= 15 is 0 Å². The van der Waals surface area contributed by atoms with Gasteiger partial charge in [0.2, 0.25) is 0 Å². The van der Waals surface area contributed by atoms with Crippen LogP contribution in [0.4, 0.5) is 0 Å². The number of rotatable bonds is 3. The maximum absolute atomic E-state index is 8.81. The second-order valence-corrected chi connectivity index (χ2v) is 5.10. The van der Waals surface area contributed by atoms with Gasteiger partial charge in [-0.2, -0.15) is 0 Å². The zero-order chi connectivity index (χ0) is 14.8. The molecule has 0 spiro atoms. The fourth-order valence-corrected chi connectivity index (χ4v) is 2.43. The first-order valence-electron chi connectivity index (χ1n) is 5.82. The number of nitrogens with zero attached hydrogens (tertiary/aromatic N) is 5. The molecule has 0 bridgehead atoms. The van der Waals surface area contributed by atoms with Crippen molar-refractivity contribution in [1.82, 2.24) is 9.97 Å². The average molecular weight is 308 g/mol. The standard InChI is InChI=1S/C13H11Cl2N5/c1-3-4-13(2,19-20-16)10-7-18-12(15)9-6-17-11(14)5-8(9)10/h3-7H,1-2H3. The lowest BCUT2D eigenvalue weighted by molar-refractivity contribution is 0.627. The van der Waals surface area contributed by atoms with Crippen LogP contribution in [0.3, 0.4) is 0 Å². The van der Waals surface area contributed by atoms with Crippen molar-refractivity contribution >= 4 is 34.0 Å². The van der Waals surface area contributed by atoms with Gasteiger partial charge in [-0.25, -0.2) is 9.97 Å². The number of azide groups is 1. The number of pyridine rings is 2. The Morgan fingerprint density at radius 1 is 1.30 bits per heavy atom. The average Bonchev–Trinajstić information content (AvgIpc) is 2.39. The molecule has 2 rings (SSSR count). The molecule has 7 heteroatoms. The number of halogens is 2. The summed E-state index contributed by atoms with van der Waals surface area (Å²) in [4.78, 5) is 11.1. The molecule has 2 aromatic heterocycles. The summed E-state index contributed by atoms with van der Waals surface area (Å²) in [5, 5.41) is 5.97. The molecule has 20 heavy (non-hydrogen) atoms. The van der Waals surface area contributed by atoms with Crippen LogP contribution in [0.15, 0.2) is 35.7 Å². The third kappa shape index (κ3) is 2.56. The third-order valence-corrected chi connectivity index (χ3v) is 3.49. The second kappa shape index (κ2) is 5.67. The van der Waals surface area contributed by atoms with E-state index in [9.17, 15) is 0 Å². The number of hydrogen-bond acceptors (Lipinski definition) is 3. The highest BCUT2D eigenvalue weighted by Crippen LogP contribution is 2.35. The Balaban J connectivity index is 2.86. The summed E-state index contributed by atoms with van der Waals surface area (Å²) in [6.45, 7) is 3.65. The van der Waals surface area contributed by atoms with Crippen molar-refractivity contribution in [3.8, 4) is 0 Å². The van der Waals surface area contributed by atoms with E-state index in [-0.39, 0.29) is 0 Å². The van der Waals surface area contributed by atoms with E-state index in [1.54, 1.807) is 31.5 Å². The van der Waals surface area contributed by atoms with Crippen molar-refractivity contribution < 1.29 is 0 Å². The van der Waals surface area contributed by atoms with Crippen LogP contribution in [0.5, 0.6) is 0 Å². The number of allylic oxidation sites excluding steroid dienone is 1. The summed E-state index contributed by atoms with van der Waals surface area (Å²) in [5.74, 6) is 0. The van der Waals surface area contributed by atoms with E-state index in [0.29, 0.717) is 15.7 Å². The molecule has 2 aromatic rings. The van der Waals surface area contributed by atoms with E-state index < -0.39 is 5.54 Å². The lowest BCUT2D eigenvalue weighted by Gasteiger charge is -2.22. The van der Waals surface area contributed by atoms with Crippen LogP contribution in [0.25, 0.3) is 21.2 Å². The Morgan fingerprint density at radius 2 is 2.05 bits per heavy atom. The van der Waals surface area contributed by atoms with Gasteiger partial charge in [0.05, 0.1) is 5.54 Å². The quantitative estimate of drug-likeness (QED) is 0.262. The molecule has 2 heterocycles.